The van der Waals surface area contributed by atoms with Crippen molar-refractivity contribution < 1.29 is 29.3 Å². The van der Waals surface area contributed by atoms with Crippen LogP contribution >= 0.6 is 11.8 Å². The van der Waals surface area contributed by atoms with Crippen molar-refractivity contribution in [3.8, 4) is 0 Å². The van der Waals surface area contributed by atoms with Gasteiger partial charge in [0.25, 0.3) is 12.4 Å². The summed E-state index contributed by atoms with van der Waals surface area (Å²) in [6.07, 6.45) is 5.39. The van der Waals surface area contributed by atoms with Crippen LogP contribution in [0.4, 0.5) is 0 Å². The number of carbonyl (C=O) groups is 3. The predicted molar refractivity (Wildman–Crippen MR) is 121 cm³/mol. The van der Waals surface area contributed by atoms with Gasteiger partial charge in [-0.15, -0.1) is 11.8 Å². The molecule has 3 heterocycles. The molecule has 0 saturated carbocycles. The van der Waals surface area contributed by atoms with Gasteiger partial charge in [-0.2, -0.15) is 0 Å². The van der Waals surface area contributed by atoms with Gasteiger partial charge in [-0.05, 0) is 44.1 Å². The summed E-state index contributed by atoms with van der Waals surface area (Å²) in [7, 11) is 0. The number of piperidine rings is 2. The number of hydrogen-bond donors (Lipinski definition) is 2. The van der Waals surface area contributed by atoms with Crippen LogP contribution in [0.2, 0.25) is 0 Å². The highest BCUT2D eigenvalue weighted by Gasteiger charge is 2.51. The molecular weight excluding hydrogens is 432 g/mol. The summed E-state index contributed by atoms with van der Waals surface area (Å²) in [4.78, 5) is 39.2. The van der Waals surface area contributed by atoms with E-state index < -0.39 is 5.41 Å². The normalized spacial score (nSPS) is 23.4. The SMILES string of the molecule is CSc1ccccc1C(=O)N1CCC2(CC1)CC(CN1CCC(O)CC1)OC2=O.O=CO. The standard InChI is InChI=1S/C22H30N2O4S.CH2O2/c1-29-19-5-3-2-4-18(19)20(26)24-12-8-22(9-13-24)14-17(28-21(22)27)15-23-10-6-16(25)7-11-23;2-1-3/h2-5,16-17,25H,6-15H2,1H3;1H,(H,2,3). The fourth-order valence-corrected chi connectivity index (χ4v) is 5.46. The minimum Gasteiger partial charge on any atom is -0.483 e. The number of aliphatic hydroxyl groups is 1. The molecule has 1 spiro atoms. The molecule has 3 aliphatic heterocycles. The Hall–Kier alpha value is -2.10. The topological polar surface area (TPSA) is 107 Å². The third kappa shape index (κ3) is 5.63. The van der Waals surface area contributed by atoms with Crippen molar-refractivity contribution in [3.63, 3.8) is 0 Å². The molecule has 3 saturated heterocycles. The van der Waals surface area contributed by atoms with Crippen LogP contribution in [-0.4, -0.2) is 89.5 Å². The number of likely N-dealkylation sites (tertiary alicyclic amines) is 2. The Balaban J connectivity index is 0.000000913. The first-order chi connectivity index (χ1) is 15.4. The number of hydrogen-bond acceptors (Lipinski definition) is 7. The zero-order chi connectivity index (χ0) is 23.1. The molecule has 9 heteroatoms. The predicted octanol–water partition coefficient (Wildman–Crippen LogP) is 2.10. The molecule has 3 aliphatic rings. The molecule has 0 aliphatic carbocycles. The van der Waals surface area contributed by atoms with Crippen LogP contribution in [0.5, 0.6) is 0 Å². The fourth-order valence-electron chi connectivity index (χ4n) is 4.87. The summed E-state index contributed by atoms with van der Waals surface area (Å²) in [6.45, 7) is 3.42. The maximum Gasteiger partial charge on any atom is 0.312 e. The van der Waals surface area contributed by atoms with Crippen molar-refractivity contribution in [1.29, 1.82) is 0 Å². The molecule has 0 bridgehead atoms. The Kier molecular flexibility index (Phi) is 8.56. The van der Waals surface area contributed by atoms with Crippen molar-refractivity contribution in [1.82, 2.24) is 9.80 Å². The Bertz CT molecular complexity index is 803. The van der Waals surface area contributed by atoms with Gasteiger partial charge in [-0.25, -0.2) is 0 Å². The van der Waals surface area contributed by atoms with Crippen LogP contribution in [0.1, 0.15) is 42.5 Å². The van der Waals surface area contributed by atoms with E-state index in [0.717, 1.165) is 49.4 Å². The first-order valence-electron chi connectivity index (χ1n) is 11.0. The Morgan fingerprint density at radius 3 is 2.47 bits per heavy atom. The van der Waals surface area contributed by atoms with E-state index in [4.69, 9.17) is 14.6 Å². The molecule has 1 unspecified atom stereocenters. The van der Waals surface area contributed by atoms with Crippen LogP contribution in [0.15, 0.2) is 29.2 Å². The number of aliphatic hydroxyl groups excluding tert-OH is 1. The van der Waals surface area contributed by atoms with Gasteiger partial charge in [0.1, 0.15) is 6.10 Å². The van der Waals surface area contributed by atoms with E-state index in [-0.39, 0.29) is 30.6 Å². The second-order valence-corrected chi connectivity index (χ2v) is 9.49. The molecular formula is C23H32N2O6S. The molecule has 4 rings (SSSR count). The molecule has 1 aromatic carbocycles. The van der Waals surface area contributed by atoms with Gasteiger partial charge in [0.15, 0.2) is 0 Å². The van der Waals surface area contributed by atoms with Gasteiger partial charge in [-0.3, -0.25) is 19.3 Å². The van der Waals surface area contributed by atoms with Crippen LogP contribution in [0.25, 0.3) is 0 Å². The molecule has 1 atom stereocenters. The third-order valence-electron chi connectivity index (χ3n) is 6.69. The molecule has 0 aromatic heterocycles. The number of benzene rings is 1. The maximum absolute atomic E-state index is 13.0. The quantitative estimate of drug-likeness (QED) is 0.396. The zero-order valence-corrected chi connectivity index (χ0v) is 19.3. The highest BCUT2D eigenvalue weighted by molar-refractivity contribution is 7.98. The molecule has 32 heavy (non-hydrogen) atoms. The lowest BCUT2D eigenvalue weighted by atomic mass is 9.76. The maximum atomic E-state index is 13.0. The number of cyclic esters (lactones) is 1. The number of esters is 1. The van der Waals surface area contributed by atoms with E-state index in [9.17, 15) is 14.7 Å². The lowest BCUT2D eigenvalue weighted by Crippen LogP contribution is -2.45. The molecule has 8 nitrogen and oxygen atoms in total. The largest absolute Gasteiger partial charge is 0.483 e. The Morgan fingerprint density at radius 2 is 1.84 bits per heavy atom. The first kappa shape index (κ1) is 24.5. The van der Waals surface area contributed by atoms with Gasteiger partial charge in [0.2, 0.25) is 0 Å². The number of amides is 1. The number of carboxylic acid groups (broad SMARTS) is 1. The average Bonchev–Trinajstić information content (AvgIpc) is 3.10. The van der Waals surface area contributed by atoms with Crippen LogP contribution < -0.4 is 0 Å². The van der Waals surface area contributed by atoms with Gasteiger partial charge in [0, 0.05) is 44.0 Å². The second kappa shape index (κ2) is 11.2. The second-order valence-electron chi connectivity index (χ2n) is 8.64. The van der Waals surface area contributed by atoms with Crippen molar-refractivity contribution in [3.05, 3.63) is 29.8 Å². The monoisotopic (exact) mass is 464 g/mol. The molecule has 0 radical (unpaired) electrons. The Morgan fingerprint density at radius 1 is 1.22 bits per heavy atom. The minimum absolute atomic E-state index is 0.0552. The van der Waals surface area contributed by atoms with Gasteiger partial charge in [-0.1, -0.05) is 12.1 Å². The molecule has 3 fully saturated rings. The lowest BCUT2D eigenvalue weighted by Gasteiger charge is -2.37. The highest BCUT2D eigenvalue weighted by atomic mass is 32.2. The number of rotatable bonds is 4. The van der Waals surface area contributed by atoms with E-state index >= 15 is 0 Å². The summed E-state index contributed by atoms with van der Waals surface area (Å²) in [5, 5.41) is 16.6. The van der Waals surface area contributed by atoms with Gasteiger partial charge >= 0.3 is 5.97 Å². The van der Waals surface area contributed by atoms with E-state index in [0.29, 0.717) is 25.9 Å². The van der Waals surface area contributed by atoms with Crippen molar-refractivity contribution >= 4 is 30.1 Å². The highest BCUT2D eigenvalue weighted by Crippen LogP contribution is 2.43. The van der Waals surface area contributed by atoms with Gasteiger partial charge < -0.3 is 19.8 Å². The molecule has 2 N–H and O–H groups in total. The lowest BCUT2D eigenvalue weighted by molar-refractivity contribution is -0.151. The van der Waals surface area contributed by atoms with Crippen molar-refractivity contribution in [2.24, 2.45) is 5.41 Å². The fraction of sp³-hybridized carbons (Fsp3) is 0.609. The summed E-state index contributed by atoms with van der Waals surface area (Å²) in [5.41, 5.74) is 0.311. The molecule has 1 amide bonds. The average molecular weight is 465 g/mol. The molecule has 1 aromatic rings. The van der Waals surface area contributed by atoms with E-state index in [2.05, 4.69) is 4.90 Å². The van der Waals surface area contributed by atoms with Crippen molar-refractivity contribution in [2.75, 3.05) is 39.0 Å². The van der Waals surface area contributed by atoms with Crippen LogP contribution in [-0.2, 0) is 14.3 Å². The van der Waals surface area contributed by atoms with E-state index in [1.807, 2.05) is 35.4 Å². The zero-order valence-electron chi connectivity index (χ0n) is 18.4. The van der Waals surface area contributed by atoms with E-state index in [1.165, 1.54) is 0 Å². The minimum atomic E-state index is -0.435. The number of carbonyl (C=O) groups excluding carboxylic acids is 2. The van der Waals surface area contributed by atoms with Crippen molar-refractivity contribution in [2.45, 2.75) is 49.2 Å². The summed E-state index contributed by atoms with van der Waals surface area (Å²) >= 11 is 1.58. The smallest absolute Gasteiger partial charge is 0.312 e. The summed E-state index contributed by atoms with van der Waals surface area (Å²) in [6, 6.07) is 7.71. The number of ether oxygens (including phenoxy) is 1. The van der Waals surface area contributed by atoms with Crippen LogP contribution in [0, 0.1) is 5.41 Å². The first-order valence-corrected chi connectivity index (χ1v) is 12.3. The van der Waals surface area contributed by atoms with Crippen LogP contribution in [0.3, 0.4) is 0 Å². The summed E-state index contributed by atoms with van der Waals surface area (Å²) < 4.78 is 5.75. The molecule has 176 valence electrons. The number of thioether (sulfide) groups is 1. The number of nitrogens with zero attached hydrogens (tertiary/aromatic N) is 2. The van der Waals surface area contributed by atoms with E-state index in [1.54, 1.807) is 11.8 Å². The Labute approximate surface area is 192 Å². The van der Waals surface area contributed by atoms with Gasteiger partial charge in [0.05, 0.1) is 17.1 Å². The summed E-state index contributed by atoms with van der Waals surface area (Å²) in [5.74, 6) is -0.0317. The third-order valence-corrected chi connectivity index (χ3v) is 7.49.